The van der Waals surface area contributed by atoms with Gasteiger partial charge in [0, 0.05) is 24.2 Å². The number of rotatable bonds is 6. The molecule has 3 N–H and O–H groups in total. The third-order valence-corrected chi connectivity index (χ3v) is 3.36. The van der Waals surface area contributed by atoms with E-state index in [9.17, 15) is 14.9 Å². The van der Waals surface area contributed by atoms with Gasteiger partial charge < -0.3 is 15.8 Å². The Labute approximate surface area is 128 Å². The average molecular weight is 316 g/mol. The predicted octanol–water partition coefficient (Wildman–Crippen LogP) is 1.49. The number of nitrogens with one attached hydrogen (secondary N) is 1. The van der Waals surface area contributed by atoms with E-state index in [1.807, 2.05) is 0 Å². The lowest BCUT2D eigenvalue weighted by atomic mass is 10.1. The number of benzene rings is 1. The Morgan fingerprint density at radius 2 is 2.24 bits per heavy atom. The largest absolute Gasteiger partial charge is 0.490 e. The molecule has 1 unspecified atom stereocenters. The summed E-state index contributed by atoms with van der Waals surface area (Å²) in [6, 6.07) is 4.06. The van der Waals surface area contributed by atoms with Crippen LogP contribution in [0.25, 0.3) is 0 Å². The van der Waals surface area contributed by atoms with Crippen LogP contribution in [0, 0.1) is 16.0 Å². The summed E-state index contributed by atoms with van der Waals surface area (Å²) in [5, 5.41) is 13.6. The van der Waals surface area contributed by atoms with E-state index in [-0.39, 0.29) is 41.4 Å². The lowest BCUT2D eigenvalue weighted by molar-refractivity contribution is -0.385. The van der Waals surface area contributed by atoms with Crippen LogP contribution in [0.4, 0.5) is 5.69 Å². The van der Waals surface area contributed by atoms with Gasteiger partial charge in [0.05, 0.1) is 12.0 Å². The van der Waals surface area contributed by atoms with Crippen molar-refractivity contribution in [2.45, 2.75) is 18.9 Å². The van der Waals surface area contributed by atoms with Gasteiger partial charge in [0.25, 0.3) is 5.91 Å². The van der Waals surface area contributed by atoms with Gasteiger partial charge in [-0.05, 0) is 30.9 Å². The van der Waals surface area contributed by atoms with Crippen LogP contribution in [0.1, 0.15) is 23.2 Å². The van der Waals surface area contributed by atoms with Crippen molar-refractivity contribution in [3.05, 3.63) is 33.9 Å². The molecule has 116 valence electrons. The second kappa shape index (κ2) is 7.24. The Hall–Kier alpha value is -1.86. The number of nitrogens with two attached hydrogens (primary N) is 1. The minimum absolute atomic E-state index is 0. The van der Waals surface area contributed by atoms with Gasteiger partial charge in [0.2, 0.25) is 0 Å². The van der Waals surface area contributed by atoms with E-state index in [1.54, 1.807) is 0 Å². The van der Waals surface area contributed by atoms with Crippen LogP contribution in [-0.4, -0.2) is 30.5 Å². The number of ether oxygens (including phenoxy) is 1. The first-order valence-electron chi connectivity index (χ1n) is 6.39. The molecule has 0 spiro atoms. The van der Waals surface area contributed by atoms with E-state index in [0.29, 0.717) is 12.5 Å². The van der Waals surface area contributed by atoms with E-state index >= 15 is 0 Å². The molecule has 0 aliphatic heterocycles. The van der Waals surface area contributed by atoms with Crippen molar-refractivity contribution >= 4 is 24.0 Å². The summed E-state index contributed by atoms with van der Waals surface area (Å²) in [5.41, 5.74) is 5.88. The predicted molar refractivity (Wildman–Crippen MR) is 79.9 cm³/mol. The zero-order valence-corrected chi connectivity index (χ0v) is 12.4. The number of amides is 1. The first-order chi connectivity index (χ1) is 9.52. The highest BCUT2D eigenvalue weighted by atomic mass is 35.5. The maximum atomic E-state index is 11.9. The second-order valence-corrected chi connectivity index (χ2v) is 4.86. The summed E-state index contributed by atoms with van der Waals surface area (Å²) in [6.07, 6.45) is 2.20. The smallest absolute Gasteiger partial charge is 0.311 e. The van der Waals surface area contributed by atoms with Crippen molar-refractivity contribution in [2.24, 2.45) is 11.7 Å². The van der Waals surface area contributed by atoms with Crippen LogP contribution in [0.3, 0.4) is 0 Å². The van der Waals surface area contributed by atoms with Crippen molar-refractivity contribution in [1.82, 2.24) is 5.32 Å². The number of carbonyl (C=O) groups is 1. The quantitative estimate of drug-likeness (QED) is 0.611. The van der Waals surface area contributed by atoms with Gasteiger partial charge in [-0.2, -0.15) is 0 Å². The fraction of sp³-hybridized carbons (Fsp3) is 0.462. The fourth-order valence-electron chi connectivity index (χ4n) is 1.98. The summed E-state index contributed by atoms with van der Waals surface area (Å²) in [4.78, 5) is 22.3. The maximum absolute atomic E-state index is 11.9. The molecule has 1 aromatic rings. The summed E-state index contributed by atoms with van der Waals surface area (Å²) < 4.78 is 4.89. The van der Waals surface area contributed by atoms with Gasteiger partial charge in [0.15, 0.2) is 5.75 Å². The molecule has 0 aromatic heterocycles. The van der Waals surface area contributed by atoms with E-state index in [1.165, 1.54) is 25.3 Å². The van der Waals surface area contributed by atoms with Gasteiger partial charge in [-0.25, -0.2) is 0 Å². The van der Waals surface area contributed by atoms with Crippen molar-refractivity contribution in [3.8, 4) is 5.75 Å². The number of nitro groups is 1. The van der Waals surface area contributed by atoms with Crippen molar-refractivity contribution in [2.75, 3.05) is 13.7 Å². The molecule has 7 nitrogen and oxygen atoms in total. The van der Waals surface area contributed by atoms with E-state index < -0.39 is 4.92 Å². The molecule has 2 rings (SSSR count). The standard InChI is InChI=1S/C13H17N3O4.ClH/c1-20-12-5-4-9(6-11(12)16(18)19)13(17)15-7-10(14)8-2-3-8;/h4-6,8,10H,2-3,7,14H2,1H3,(H,15,17);1H. The topological polar surface area (TPSA) is 107 Å². The first kappa shape index (κ1) is 17.2. The Balaban J connectivity index is 0.00000220. The number of halogens is 1. The molecule has 1 fully saturated rings. The molecule has 0 bridgehead atoms. The lowest BCUT2D eigenvalue weighted by Gasteiger charge is -2.11. The van der Waals surface area contributed by atoms with E-state index in [0.717, 1.165) is 12.8 Å². The number of hydrogen-bond donors (Lipinski definition) is 2. The van der Waals surface area contributed by atoms with Crippen LogP contribution in [0.15, 0.2) is 18.2 Å². The highest BCUT2D eigenvalue weighted by Crippen LogP contribution is 2.31. The van der Waals surface area contributed by atoms with Crippen molar-refractivity contribution in [1.29, 1.82) is 0 Å². The highest BCUT2D eigenvalue weighted by Gasteiger charge is 2.28. The zero-order chi connectivity index (χ0) is 14.7. The number of nitro benzene ring substituents is 1. The maximum Gasteiger partial charge on any atom is 0.311 e. The molecular weight excluding hydrogens is 298 g/mol. The molecule has 1 aromatic carbocycles. The third kappa shape index (κ3) is 4.30. The van der Waals surface area contributed by atoms with Gasteiger partial charge in [-0.15, -0.1) is 12.4 Å². The van der Waals surface area contributed by atoms with Crippen molar-refractivity contribution < 1.29 is 14.5 Å². The molecule has 1 atom stereocenters. The van der Waals surface area contributed by atoms with Crippen LogP contribution in [-0.2, 0) is 0 Å². The Kier molecular flexibility index (Phi) is 5.92. The number of hydrogen-bond acceptors (Lipinski definition) is 5. The summed E-state index contributed by atoms with van der Waals surface area (Å²) in [7, 11) is 1.34. The normalized spacial score (nSPS) is 14.8. The minimum Gasteiger partial charge on any atom is -0.490 e. The van der Waals surface area contributed by atoms with Crippen LogP contribution in [0.5, 0.6) is 5.75 Å². The van der Waals surface area contributed by atoms with Crippen LogP contribution < -0.4 is 15.8 Å². The fourth-order valence-corrected chi connectivity index (χ4v) is 1.98. The lowest BCUT2D eigenvalue weighted by Crippen LogP contribution is -2.38. The monoisotopic (exact) mass is 315 g/mol. The van der Waals surface area contributed by atoms with Gasteiger partial charge in [-0.1, -0.05) is 0 Å². The SMILES string of the molecule is COc1ccc(C(=O)NCC(N)C2CC2)cc1[N+](=O)[O-].Cl. The number of methoxy groups -OCH3 is 1. The Morgan fingerprint density at radius 1 is 1.57 bits per heavy atom. The van der Waals surface area contributed by atoms with E-state index in [4.69, 9.17) is 10.5 Å². The molecule has 0 saturated heterocycles. The first-order valence-corrected chi connectivity index (χ1v) is 6.39. The molecule has 21 heavy (non-hydrogen) atoms. The highest BCUT2D eigenvalue weighted by molar-refractivity contribution is 5.95. The van der Waals surface area contributed by atoms with Crippen LogP contribution >= 0.6 is 12.4 Å². The Bertz CT molecular complexity index is 534. The molecule has 0 radical (unpaired) electrons. The number of carbonyl (C=O) groups excluding carboxylic acids is 1. The van der Waals surface area contributed by atoms with Gasteiger partial charge in [-0.3, -0.25) is 14.9 Å². The summed E-state index contributed by atoms with van der Waals surface area (Å²) >= 11 is 0. The van der Waals surface area contributed by atoms with Crippen LogP contribution in [0.2, 0.25) is 0 Å². The molecule has 1 aliphatic rings. The third-order valence-electron chi connectivity index (χ3n) is 3.36. The summed E-state index contributed by atoms with van der Waals surface area (Å²) in [5.74, 6) is 0.244. The molecule has 8 heteroatoms. The zero-order valence-electron chi connectivity index (χ0n) is 11.6. The van der Waals surface area contributed by atoms with Gasteiger partial charge in [0.1, 0.15) is 0 Å². The molecule has 0 heterocycles. The molecule has 1 saturated carbocycles. The van der Waals surface area contributed by atoms with E-state index in [2.05, 4.69) is 5.32 Å². The molecular formula is C13H18ClN3O4. The molecule has 1 aliphatic carbocycles. The summed E-state index contributed by atoms with van der Waals surface area (Å²) in [6.45, 7) is 0.378. The average Bonchev–Trinajstić information content (AvgIpc) is 3.28. The number of nitrogens with zero attached hydrogens (tertiary/aromatic N) is 1. The Morgan fingerprint density at radius 3 is 2.76 bits per heavy atom. The van der Waals surface area contributed by atoms with Gasteiger partial charge >= 0.3 is 5.69 Å². The molecule has 1 amide bonds. The second-order valence-electron chi connectivity index (χ2n) is 4.86. The minimum atomic E-state index is -0.578. The van der Waals surface area contributed by atoms with Crippen molar-refractivity contribution in [3.63, 3.8) is 0 Å².